The summed E-state index contributed by atoms with van der Waals surface area (Å²) in [6.07, 6.45) is 2.59. The number of methoxy groups -OCH3 is 1. The van der Waals surface area contributed by atoms with Gasteiger partial charge in [-0.1, -0.05) is 23.2 Å². The van der Waals surface area contributed by atoms with Crippen LogP contribution >= 0.6 is 23.2 Å². The minimum Gasteiger partial charge on any atom is -0.478 e. The molecule has 0 aliphatic heterocycles. The van der Waals surface area contributed by atoms with Crippen molar-refractivity contribution in [3.05, 3.63) is 40.8 Å². The molecule has 2 heterocycles. The Morgan fingerprint density at radius 1 is 1.30 bits per heavy atom. The highest BCUT2D eigenvalue weighted by Gasteiger charge is 2.22. The van der Waals surface area contributed by atoms with E-state index >= 15 is 0 Å². The summed E-state index contributed by atoms with van der Waals surface area (Å²) in [5.74, 6) is -0.0795. The van der Waals surface area contributed by atoms with Crippen LogP contribution < -0.4 is 9.46 Å². The molecule has 10 heteroatoms. The van der Waals surface area contributed by atoms with E-state index in [-0.39, 0.29) is 21.7 Å². The molecule has 0 unspecified atom stereocenters. The number of benzene rings is 1. The second-order valence-corrected chi connectivity index (χ2v) is 6.97. The molecule has 0 atom stereocenters. The van der Waals surface area contributed by atoms with E-state index < -0.39 is 10.0 Å². The fourth-order valence-electron chi connectivity index (χ4n) is 2.04. The summed E-state index contributed by atoms with van der Waals surface area (Å²) >= 11 is 11.6. The Morgan fingerprint density at radius 3 is 2.83 bits per heavy atom. The maximum absolute atomic E-state index is 12.6. The van der Waals surface area contributed by atoms with Crippen LogP contribution in [0.1, 0.15) is 0 Å². The van der Waals surface area contributed by atoms with Crippen molar-refractivity contribution in [2.45, 2.75) is 4.90 Å². The molecule has 0 aliphatic carbocycles. The van der Waals surface area contributed by atoms with Crippen LogP contribution in [0.2, 0.25) is 10.2 Å². The number of rotatable bonds is 4. The van der Waals surface area contributed by atoms with Crippen molar-refractivity contribution in [1.29, 1.82) is 0 Å². The van der Waals surface area contributed by atoms with Crippen LogP contribution in [-0.4, -0.2) is 30.5 Å². The number of nitrogens with zero attached hydrogens (tertiary/aromatic N) is 2. The molecule has 3 rings (SSSR count). The molecule has 7 nitrogen and oxygen atoms in total. The maximum atomic E-state index is 12.6. The molecule has 0 bridgehead atoms. The van der Waals surface area contributed by atoms with Gasteiger partial charge in [-0.3, -0.25) is 4.72 Å². The predicted octanol–water partition coefficient (Wildman–Crippen LogP) is 3.07. The summed E-state index contributed by atoms with van der Waals surface area (Å²) in [4.78, 5) is 10.7. The molecule has 0 spiro atoms. The zero-order valence-electron chi connectivity index (χ0n) is 11.7. The number of hydrogen-bond acceptors (Lipinski definition) is 5. The highest BCUT2D eigenvalue weighted by Crippen LogP contribution is 2.28. The van der Waals surface area contributed by atoms with Crippen molar-refractivity contribution >= 4 is 49.9 Å². The zero-order valence-corrected chi connectivity index (χ0v) is 14.0. The van der Waals surface area contributed by atoms with E-state index in [0.717, 1.165) is 0 Å². The van der Waals surface area contributed by atoms with E-state index in [4.69, 9.17) is 27.9 Å². The molecule has 0 aliphatic rings. The predicted molar refractivity (Wildman–Crippen MR) is 87.7 cm³/mol. The van der Waals surface area contributed by atoms with Crippen LogP contribution in [0.3, 0.4) is 0 Å². The summed E-state index contributed by atoms with van der Waals surface area (Å²) in [5, 5.41) is 1.09. The number of aromatic nitrogens is 3. The van der Waals surface area contributed by atoms with Crippen molar-refractivity contribution in [2.75, 3.05) is 11.8 Å². The molecule has 2 aromatic heterocycles. The van der Waals surface area contributed by atoms with Gasteiger partial charge in [-0.2, -0.15) is 4.98 Å². The molecule has 0 saturated heterocycles. The number of anilines is 1. The molecule has 0 fully saturated rings. The van der Waals surface area contributed by atoms with Gasteiger partial charge in [0.1, 0.15) is 4.90 Å². The Bertz CT molecular complexity index is 988. The number of fused-ring (bicyclic) bond motifs is 1. The van der Waals surface area contributed by atoms with Crippen LogP contribution in [0, 0.1) is 0 Å². The number of H-pyrrole nitrogens is 1. The lowest BCUT2D eigenvalue weighted by molar-refractivity contribution is 0.398. The van der Waals surface area contributed by atoms with Crippen molar-refractivity contribution in [3.63, 3.8) is 0 Å². The maximum Gasteiger partial charge on any atom is 0.265 e. The topological polar surface area (TPSA) is 97.0 Å². The van der Waals surface area contributed by atoms with E-state index in [1.807, 2.05) is 0 Å². The molecule has 0 radical (unpaired) electrons. The number of nitrogens with one attached hydrogen (secondary N) is 2. The first-order valence-corrected chi connectivity index (χ1v) is 8.50. The second kappa shape index (κ2) is 5.88. The van der Waals surface area contributed by atoms with E-state index in [2.05, 4.69) is 19.7 Å². The Morgan fingerprint density at radius 2 is 2.09 bits per heavy atom. The molecule has 1 aromatic carbocycles. The smallest absolute Gasteiger partial charge is 0.265 e. The van der Waals surface area contributed by atoms with Crippen LogP contribution in [-0.2, 0) is 10.0 Å². The Labute approximate surface area is 141 Å². The number of hydrogen-bond donors (Lipinski definition) is 2. The number of aromatic amines is 1. The molecular formula is C13H10Cl2N4O3S. The molecule has 23 heavy (non-hydrogen) atoms. The van der Waals surface area contributed by atoms with Gasteiger partial charge in [0.05, 0.1) is 13.3 Å². The van der Waals surface area contributed by atoms with Crippen LogP contribution in [0.15, 0.2) is 35.5 Å². The van der Waals surface area contributed by atoms with Gasteiger partial charge < -0.3 is 9.72 Å². The monoisotopic (exact) mass is 372 g/mol. The molecule has 2 N–H and O–H groups in total. The fourth-order valence-corrected chi connectivity index (χ4v) is 3.52. The normalized spacial score (nSPS) is 11.6. The molecular weight excluding hydrogens is 363 g/mol. The fraction of sp³-hybridized carbons (Fsp3) is 0.0769. The van der Waals surface area contributed by atoms with Gasteiger partial charge in [0.2, 0.25) is 5.82 Å². The minimum atomic E-state index is -3.90. The molecule has 3 aromatic rings. The van der Waals surface area contributed by atoms with Gasteiger partial charge in [-0.15, -0.1) is 0 Å². The van der Waals surface area contributed by atoms with Crippen LogP contribution in [0.4, 0.5) is 5.82 Å². The highest BCUT2D eigenvalue weighted by atomic mass is 35.5. The van der Waals surface area contributed by atoms with Crippen LogP contribution in [0.25, 0.3) is 10.9 Å². The van der Waals surface area contributed by atoms with Crippen molar-refractivity contribution < 1.29 is 13.2 Å². The SMILES string of the molecule is COc1nc(Cl)cnc1NS(=O)(=O)c1c[nH]c2cc(Cl)ccc12. The lowest BCUT2D eigenvalue weighted by Gasteiger charge is -2.09. The highest BCUT2D eigenvalue weighted by molar-refractivity contribution is 7.93. The van der Waals surface area contributed by atoms with Crippen molar-refractivity contribution in [2.24, 2.45) is 0 Å². The van der Waals surface area contributed by atoms with Gasteiger partial charge in [0.25, 0.3) is 15.9 Å². The minimum absolute atomic E-state index is 0.0241. The number of ether oxygens (including phenoxy) is 1. The third-order valence-corrected chi connectivity index (χ3v) is 4.83. The number of sulfonamides is 1. The first kappa shape index (κ1) is 15.9. The quantitative estimate of drug-likeness (QED) is 0.733. The molecule has 120 valence electrons. The lowest BCUT2D eigenvalue weighted by Crippen LogP contribution is -2.14. The first-order valence-electron chi connectivity index (χ1n) is 6.26. The largest absolute Gasteiger partial charge is 0.478 e. The third-order valence-electron chi connectivity index (χ3n) is 3.03. The first-order chi connectivity index (χ1) is 10.9. The average Bonchev–Trinajstić information content (AvgIpc) is 2.92. The van der Waals surface area contributed by atoms with E-state index in [0.29, 0.717) is 15.9 Å². The Hall–Kier alpha value is -2.03. The summed E-state index contributed by atoms with van der Waals surface area (Å²) in [7, 11) is -2.57. The lowest BCUT2D eigenvalue weighted by atomic mass is 10.2. The molecule has 0 saturated carbocycles. The second-order valence-electron chi connectivity index (χ2n) is 4.50. The van der Waals surface area contributed by atoms with Gasteiger partial charge in [-0.05, 0) is 18.2 Å². The third kappa shape index (κ3) is 3.05. The summed E-state index contributed by atoms with van der Waals surface area (Å²) in [5.41, 5.74) is 0.604. The van der Waals surface area contributed by atoms with E-state index in [9.17, 15) is 8.42 Å². The Balaban J connectivity index is 2.04. The van der Waals surface area contributed by atoms with Gasteiger partial charge in [0, 0.05) is 22.1 Å². The van der Waals surface area contributed by atoms with E-state index in [1.54, 1.807) is 18.2 Å². The van der Waals surface area contributed by atoms with Crippen molar-refractivity contribution in [3.8, 4) is 5.88 Å². The zero-order chi connectivity index (χ0) is 16.6. The van der Waals surface area contributed by atoms with Crippen LogP contribution in [0.5, 0.6) is 5.88 Å². The summed E-state index contributed by atoms with van der Waals surface area (Å²) in [6.45, 7) is 0. The standard InChI is InChI=1S/C13H10Cl2N4O3S/c1-22-13-12(17-6-11(15)18-13)19-23(20,21)10-5-16-9-4-7(14)2-3-8(9)10/h2-6,16H,1H3,(H,17,19). The Kier molecular flexibility index (Phi) is 4.05. The van der Waals surface area contributed by atoms with Gasteiger partial charge in [0.15, 0.2) is 5.15 Å². The van der Waals surface area contributed by atoms with Crippen molar-refractivity contribution in [1.82, 2.24) is 15.0 Å². The number of halogens is 2. The van der Waals surface area contributed by atoms with Gasteiger partial charge in [-0.25, -0.2) is 13.4 Å². The summed E-state index contributed by atoms with van der Waals surface area (Å²) < 4.78 is 32.5. The van der Waals surface area contributed by atoms with E-state index in [1.165, 1.54) is 19.5 Å². The average molecular weight is 373 g/mol. The summed E-state index contributed by atoms with van der Waals surface area (Å²) in [6, 6.07) is 4.87. The van der Waals surface area contributed by atoms with Gasteiger partial charge >= 0.3 is 0 Å². The molecule has 0 amide bonds.